The van der Waals surface area contributed by atoms with Crippen LogP contribution < -0.4 is 0 Å². The van der Waals surface area contributed by atoms with Gasteiger partial charge in [0.2, 0.25) is 0 Å². The summed E-state index contributed by atoms with van der Waals surface area (Å²) in [5.74, 6) is -0.236. The fraction of sp³-hybridized carbons (Fsp3) is 0.533. The average molecular weight is 284 g/mol. The molecule has 1 fully saturated rings. The third kappa shape index (κ3) is 5.21. The Morgan fingerprint density at radius 3 is 2.53 bits per heavy atom. The highest BCUT2D eigenvalue weighted by Gasteiger charge is 2.17. The van der Waals surface area contributed by atoms with E-state index in [0.29, 0.717) is 11.6 Å². The number of hydrogen-bond donors (Lipinski definition) is 1. The second kappa shape index (κ2) is 7.51. The number of rotatable bonds is 5. The standard InChI is InChI=1S/C15H22ClNO2/c1-4-14(16)13(9-12(3)15(18)19)10-17-7-5-11(2)6-8-17/h4,9,11H,3,5-8,10H2,1-2H3,(H,18,19)/b13-9-,14-4+. The highest BCUT2D eigenvalue weighted by molar-refractivity contribution is 6.32. The molecule has 0 aromatic heterocycles. The summed E-state index contributed by atoms with van der Waals surface area (Å²) in [5.41, 5.74) is 0.895. The number of hydrogen-bond acceptors (Lipinski definition) is 2. The van der Waals surface area contributed by atoms with Gasteiger partial charge in [-0.05, 0) is 50.4 Å². The van der Waals surface area contributed by atoms with E-state index >= 15 is 0 Å². The molecule has 19 heavy (non-hydrogen) atoms. The van der Waals surface area contributed by atoms with E-state index < -0.39 is 5.97 Å². The monoisotopic (exact) mass is 283 g/mol. The van der Waals surface area contributed by atoms with Crippen molar-refractivity contribution in [1.29, 1.82) is 0 Å². The summed E-state index contributed by atoms with van der Waals surface area (Å²) in [6.45, 7) is 10.4. The quantitative estimate of drug-likeness (QED) is 0.621. The molecule has 0 saturated carbocycles. The molecular weight excluding hydrogens is 262 g/mol. The zero-order valence-corrected chi connectivity index (χ0v) is 12.4. The Morgan fingerprint density at radius 1 is 1.47 bits per heavy atom. The molecule has 106 valence electrons. The Morgan fingerprint density at radius 2 is 2.05 bits per heavy atom. The molecule has 0 spiro atoms. The third-order valence-electron chi connectivity index (χ3n) is 3.45. The first kappa shape index (κ1) is 16.0. The van der Waals surface area contributed by atoms with E-state index in [9.17, 15) is 4.79 Å². The number of allylic oxidation sites excluding steroid dienone is 1. The Bertz CT molecular complexity index is 404. The normalized spacial score (nSPS) is 19.5. The Labute approximate surface area is 120 Å². The van der Waals surface area contributed by atoms with Gasteiger partial charge >= 0.3 is 5.97 Å². The van der Waals surface area contributed by atoms with Gasteiger partial charge in [-0.1, -0.05) is 31.2 Å². The molecule has 0 bridgehead atoms. The van der Waals surface area contributed by atoms with E-state index in [1.165, 1.54) is 12.8 Å². The van der Waals surface area contributed by atoms with Crippen LogP contribution in [-0.4, -0.2) is 35.6 Å². The lowest BCUT2D eigenvalue weighted by Crippen LogP contribution is -2.34. The molecule has 1 rings (SSSR count). The zero-order chi connectivity index (χ0) is 14.4. The van der Waals surface area contributed by atoms with E-state index in [4.69, 9.17) is 16.7 Å². The number of carboxylic acids is 1. The summed E-state index contributed by atoms with van der Waals surface area (Å²) < 4.78 is 0. The van der Waals surface area contributed by atoms with E-state index in [1.54, 1.807) is 12.2 Å². The first-order chi connectivity index (χ1) is 8.93. The van der Waals surface area contributed by atoms with Crippen molar-refractivity contribution in [3.63, 3.8) is 0 Å². The highest BCUT2D eigenvalue weighted by Crippen LogP contribution is 2.22. The second-order valence-electron chi connectivity index (χ2n) is 5.10. The summed E-state index contributed by atoms with van der Waals surface area (Å²) in [7, 11) is 0. The lowest BCUT2D eigenvalue weighted by Gasteiger charge is -2.30. The predicted molar refractivity (Wildman–Crippen MR) is 79.3 cm³/mol. The number of carboxylic acid groups (broad SMARTS) is 1. The SMILES string of the molecule is C=C(/C=C(CN1CCC(C)CC1)\C(Cl)=C/C)C(=O)O. The largest absolute Gasteiger partial charge is 0.478 e. The van der Waals surface area contributed by atoms with Crippen molar-refractivity contribution in [3.8, 4) is 0 Å². The molecule has 0 unspecified atom stereocenters. The summed E-state index contributed by atoms with van der Waals surface area (Å²) >= 11 is 6.16. The van der Waals surface area contributed by atoms with Crippen molar-refractivity contribution in [1.82, 2.24) is 4.90 Å². The fourth-order valence-corrected chi connectivity index (χ4v) is 2.22. The van der Waals surface area contributed by atoms with Crippen LogP contribution >= 0.6 is 11.6 Å². The van der Waals surface area contributed by atoms with Crippen LogP contribution in [0.5, 0.6) is 0 Å². The van der Waals surface area contributed by atoms with Gasteiger partial charge in [-0.2, -0.15) is 0 Å². The predicted octanol–water partition coefficient (Wildman–Crippen LogP) is 3.43. The molecule has 0 aromatic carbocycles. The maximum absolute atomic E-state index is 10.9. The minimum atomic E-state index is -1.01. The molecule has 0 radical (unpaired) electrons. The number of halogens is 1. The molecule has 1 aliphatic heterocycles. The van der Waals surface area contributed by atoms with Crippen molar-refractivity contribution >= 4 is 17.6 Å². The Hall–Kier alpha value is -1.06. The minimum absolute atomic E-state index is 0.0698. The summed E-state index contributed by atoms with van der Waals surface area (Å²) in [4.78, 5) is 13.2. The molecule has 0 amide bonds. The molecule has 4 heteroatoms. The number of aliphatic carboxylic acids is 1. The van der Waals surface area contributed by atoms with E-state index in [-0.39, 0.29) is 5.57 Å². The maximum Gasteiger partial charge on any atom is 0.335 e. The van der Waals surface area contributed by atoms with Crippen LogP contribution in [0.1, 0.15) is 26.7 Å². The van der Waals surface area contributed by atoms with E-state index in [2.05, 4.69) is 18.4 Å². The average Bonchev–Trinajstić information content (AvgIpc) is 2.39. The molecule has 1 saturated heterocycles. The number of carbonyl (C=O) groups is 1. The molecule has 1 N–H and O–H groups in total. The highest BCUT2D eigenvalue weighted by atomic mass is 35.5. The minimum Gasteiger partial charge on any atom is -0.478 e. The van der Waals surface area contributed by atoms with Crippen molar-refractivity contribution < 1.29 is 9.90 Å². The molecule has 1 aliphatic rings. The van der Waals surface area contributed by atoms with Crippen LogP contribution in [0.2, 0.25) is 0 Å². The van der Waals surface area contributed by atoms with Crippen molar-refractivity contribution in [2.45, 2.75) is 26.7 Å². The molecule has 0 atom stereocenters. The Balaban J connectivity index is 2.76. The van der Waals surface area contributed by atoms with E-state index in [1.807, 2.05) is 6.92 Å². The molecule has 1 heterocycles. The maximum atomic E-state index is 10.9. The van der Waals surface area contributed by atoms with Gasteiger partial charge in [-0.15, -0.1) is 0 Å². The topological polar surface area (TPSA) is 40.5 Å². The van der Waals surface area contributed by atoms with Gasteiger partial charge in [-0.3, -0.25) is 4.90 Å². The molecule has 0 aromatic rings. The van der Waals surface area contributed by atoms with Crippen LogP contribution in [0.4, 0.5) is 0 Å². The van der Waals surface area contributed by atoms with Crippen LogP contribution in [0, 0.1) is 5.92 Å². The molecular formula is C15H22ClNO2. The number of piperidine rings is 1. The molecule has 3 nitrogen and oxygen atoms in total. The third-order valence-corrected chi connectivity index (χ3v) is 3.91. The lowest BCUT2D eigenvalue weighted by atomic mass is 9.98. The van der Waals surface area contributed by atoms with E-state index in [0.717, 1.165) is 24.6 Å². The fourth-order valence-electron chi connectivity index (χ4n) is 2.11. The van der Waals surface area contributed by atoms with Gasteiger partial charge < -0.3 is 5.11 Å². The second-order valence-corrected chi connectivity index (χ2v) is 5.50. The summed E-state index contributed by atoms with van der Waals surface area (Å²) in [6, 6.07) is 0. The summed E-state index contributed by atoms with van der Waals surface area (Å²) in [5, 5.41) is 9.50. The zero-order valence-electron chi connectivity index (χ0n) is 11.7. The van der Waals surface area contributed by atoms with Crippen LogP contribution in [0.15, 0.2) is 34.9 Å². The number of nitrogens with zero attached hydrogens (tertiary/aromatic N) is 1. The Kier molecular flexibility index (Phi) is 6.32. The smallest absolute Gasteiger partial charge is 0.335 e. The molecule has 0 aliphatic carbocycles. The van der Waals surface area contributed by atoms with Gasteiger partial charge in [0.25, 0.3) is 0 Å². The van der Waals surface area contributed by atoms with Crippen molar-refractivity contribution in [2.24, 2.45) is 5.92 Å². The van der Waals surface area contributed by atoms with Gasteiger partial charge in [0.05, 0.1) is 5.57 Å². The van der Waals surface area contributed by atoms with Crippen molar-refractivity contribution in [2.75, 3.05) is 19.6 Å². The first-order valence-electron chi connectivity index (χ1n) is 6.61. The van der Waals surface area contributed by atoms with Gasteiger partial charge in [0.1, 0.15) is 0 Å². The number of likely N-dealkylation sites (tertiary alicyclic amines) is 1. The lowest BCUT2D eigenvalue weighted by molar-refractivity contribution is -0.132. The van der Waals surface area contributed by atoms with Crippen LogP contribution in [0.3, 0.4) is 0 Å². The van der Waals surface area contributed by atoms with Crippen LogP contribution in [-0.2, 0) is 4.79 Å². The van der Waals surface area contributed by atoms with Gasteiger partial charge in [0.15, 0.2) is 0 Å². The first-order valence-corrected chi connectivity index (χ1v) is 6.99. The van der Waals surface area contributed by atoms with Gasteiger partial charge in [-0.25, -0.2) is 4.79 Å². The van der Waals surface area contributed by atoms with Crippen LogP contribution in [0.25, 0.3) is 0 Å². The summed E-state index contributed by atoms with van der Waals surface area (Å²) in [6.07, 6.45) is 5.72. The van der Waals surface area contributed by atoms with Gasteiger partial charge in [0, 0.05) is 11.6 Å². The van der Waals surface area contributed by atoms with Crippen molar-refractivity contribution in [3.05, 3.63) is 34.9 Å².